The van der Waals surface area contributed by atoms with E-state index in [2.05, 4.69) is 18.8 Å². The summed E-state index contributed by atoms with van der Waals surface area (Å²) in [6, 6.07) is 1.22. The lowest BCUT2D eigenvalue weighted by Crippen LogP contribution is -2.96. The molecule has 1 rings (SSSR count). The number of nitrogens with zero attached hydrogens (tertiary/aromatic N) is 1. The number of quaternary nitrogens is 1. The first-order valence-corrected chi connectivity index (χ1v) is 6.42. The van der Waals surface area contributed by atoms with E-state index in [1.54, 1.807) is 0 Å². The van der Waals surface area contributed by atoms with Gasteiger partial charge >= 0.3 is 0 Å². The van der Waals surface area contributed by atoms with Crippen molar-refractivity contribution in [2.45, 2.75) is 26.7 Å². The van der Waals surface area contributed by atoms with E-state index in [1.807, 2.05) is 0 Å². The summed E-state index contributed by atoms with van der Waals surface area (Å²) in [5, 5.41) is 20.4. The molecule has 0 saturated carbocycles. The summed E-state index contributed by atoms with van der Waals surface area (Å²) in [6.45, 7) is 4.73. The number of hydrogen-bond donors (Lipinski definition) is 1. The highest BCUT2D eigenvalue weighted by Crippen LogP contribution is 2.30. The Labute approximate surface area is 117 Å². The van der Waals surface area contributed by atoms with Crippen molar-refractivity contribution in [3.8, 4) is 11.8 Å². The molecule has 1 N–H and O–H groups in total. The molecule has 0 aliphatic carbocycles. The summed E-state index contributed by atoms with van der Waals surface area (Å²) >= 11 is 5.91. The normalized spacial score (nSPS) is 11.2. The van der Waals surface area contributed by atoms with Crippen LogP contribution in [0.25, 0.3) is 0 Å². The number of hydrogen-bond acceptors (Lipinski definition) is 5. The van der Waals surface area contributed by atoms with E-state index in [1.165, 1.54) is 13.2 Å². The summed E-state index contributed by atoms with van der Waals surface area (Å²) in [5.74, 6) is 0.706. The van der Waals surface area contributed by atoms with Crippen LogP contribution in [-0.4, -0.2) is 18.7 Å². The van der Waals surface area contributed by atoms with Crippen molar-refractivity contribution < 1.29 is 14.7 Å². The molecule has 0 bridgehead atoms. The van der Waals surface area contributed by atoms with Crippen molar-refractivity contribution in [2.24, 2.45) is 5.92 Å². The van der Waals surface area contributed by atoms with Gasteiger partial charge in [-0.1, -0.05) is 25.4 Å². The van der Waals surface area contributed by atoms with Crippen LogP contribution in [-0.2, 0) is 0 Å². The van der Waals surface area contributed by atoms with E-state index in [-0.39, 0.29) is 22.5 Å². The van der Waals surface area contributed by atoms with Gasteiger partial charge in [-0.05, 0) is 18.8 Å². The van der Waals surface area contributed by atoms with E-state index >= 15 is 0 Å². The van der Waals surface area contributed by atoms with Gasteiger partial charge in [0, 0.05) is 6.07 Å². The molecular weight excluding hydrogens is 272 g/mol. The number of pyridine rings is 1. The number of halogens is 1. The van der Waals surface area contributed by atoms with Crippen LogP contribution in [0.3, 0.4) is 0 Å². The molecule has 1 heterocycles. The van der Waals surface area contributed by atoms with Gasteiger partial charge in [0.05, 0.1) is 13.7 Å². The van der Waals surface area contributed by atoms with E-state index < -0.39 is 5.23 Å². The highest BCUT2D eigenvalue weighted by molar-refractivity contribution is 6.32. The number of nitrogens with one attached hydrogen (secondary N) is 1. The molecule has 0 amide bonds. The fraction of sp³-hybridized carbons (Fsp3) is 0.583. The smallest absolute Gasteiger partial charge is 0.280 e. The van der Waals surface area contributed by atoms with Crippen LogP contribution in [0.4, 0.5) is 5.69 Å². The van der Waals surface area contributed by atoms with Crippen molar-refractivity contribution in [1.82, 2.24) is 4.98 Å². The lowest BCUT2D eigenvalue weighted by molar-refractivity contribution is -0.715. The Morgan fingerprint density at radius 1 is 1.37 bits per heavy atom. The van der Waals surface area contributed by atoms with Gasteiger partial charge in [-0.2, -0.15) is 4.98 Å². The van der Waals surface area contributed by atoms with Gasteiger partial charge in [-0.25, -0.2) is 0 Å². The summed E-state index contributed by atoms with van der Waals surface area (Å²) < 4.78 is 10.3. The fourth-order valence-electron chi connectivity index (χ4n) is 1.52. The number of rotatable bonds is 7. The zero-order valence-corrected chi connectivity index (χ0v) is 12.0. The molecular formula is C12H18ClN2O4-. The zero-order valence-electron chi connectivity index (χ0n) is 11.2. The second kappa shape index (κ2) is 7.49. The first kappa shape index (κ1) is 16.0. The molecule has 1 aromatic heterocycles. The molecule has 0 radical (unpaired) electrons. The highest BCUT2D eigenvalue weighted by atomic mass is 35.5. The molecule has 0 unspecified atom stereocenters. The monoisotopic (exact) mass is 289 g/mol. The largest absolute Gasteiger partial charge is 0.627 e. The molecule has 0 aliphatic rings. The summed E-state index contributed by atoms with van der Waals surface area (Å²) in [6.07, 6.45) is 1.91. The van der Waals surface area contributed by atoms with Crippen molar-refractivity contribution in [2.75, 3.05) is 13.7 Å². The van der Waals surface area contributed by atoms with Crippen LogP contribution in [0.15, 0.2) is 6.07 Å². The summed E-state index contributed by atoms with van der Waals surface area (Å²) in [7, 11) is 1.32. The van der Waals surface area contributed by atoms with E-state index in [0.29, 0.717) is 12.5 Å². The highest BCUT2D eigenvalue weighted by Gasteiger charge is 2.15. The average molecular weight is 290 g/mol. The first-order chi connectivity index (χ1) is 8.95. The lowest BCUT2D eigenvalue weighted by Gasteiger charge is -2.25. The van der Waals surface area contributed by atoms with Gasteiger partial charge in [-0.3, -0.25) is 0 Å². The van der Waals surface area contributed by atoms with Crippen LogP contribution >= 0.6 is 11.6 Å². The van der Waals surface area contributed by atoms with Crippen LogP contribution in [0.1, 0.15) is 26.7 Å². The molecule has 19 heavy (non-hydrogen) atoms. The second-order valence-electron chi connectivity index (χ2n) is 4.50. The molecule has 1 aromatic rings. The van der Waals surface area contributed by atoms with Crippen molar-refractivity contribution in [1.29, 1.82) is 0 Å². The van der Waals surface area contributed by atoms with Crippen molar-refractivity contribution >= 4 is 17.3 Å². The minimum Gasteiger partial charge on any atom is -0.627 e. The fourth-order valence-corrected chi connectivity index (χ4v) is 1.73. The third-order valence-corrected chi connectivity index (χ3v) is 2.76. The van der Waals surface area contributed by atoms with Gasteiger partial charge in [-0.15, -0.1) is 0 Å². The van der Waals surface area contributed by atoms with Gasteiger partial charge in [0.2, 0.25) is 5.88 Å². The molecule has 0 spiro atoms. The zero-order chi connectivity index (χ0) is 14.4. The SMILES string of the molecule is COc1nc(OCCCC(C)C)c(Cl)cc1[NH+]([O-])[O-]. The molecule has 0 atom stereocenters. The van der Waals surface area contributed by atoms with Crippen molar-refractivity contribution in [3.05, 3.63) is 21.5 Å². The first-order valence-electron chi connectivity index (χ1n) is 6.04. The standard InChI is InChI=1S/C12H18ClN2O4/c1-8(2)5-4-6-19-11-9(13)7-10(15(16)17)12(14-11)18-3/h7-8,15H,4-6H2,1-3H3/q-1. The minimum absolute atomic E-state index is 0.0664. The Bertz CT molecular complexity index is 413. The molecule has 6 nitrogen and oxygen atoms in total. The molecule has 0 aliphatic heterocycles. The van der Waals surface area contributed by atoms with Crippen LogP contribution < -0.4 is 14.7 Å². The lowest BCUT2D eigenvalue weighted by atomic mass is 10.1. The molecule has 0 fully saturated rings. The summed E-state index contributed by atoms with van der Waals surface area (Å²) in [4.78, 5) is 3.93. The summed E-state index contributed by atoms with van der Waals surface area (Å²) in [5.41, 5.74) is -0.193. The minimum atomic E-state index is -1.39. The number of methoxy groups -OCH3 is 1. The maximum Gasteiger partial charge on any atom is 0.280 e. The Morgan fingerprint density at radius 2 is 2.05 bits per heavy atom. The van der Waals surface area contributed by atoms with E-state index in [9.17, 15) is 10.4 Å². The molecule has 0 saturated heterocycles. The van der Waals surface area contributed by atoms with Gasteiger partial charge in [0.1, 0.15) is 5.02 Å². The quantitative estimate of drug-likeness (QED) is 0.614. The third kappa shape index (κ3) is 4.83. The predicted octanol–water partition coefficient (Wildman–Crippen LogP) is 2.07. The van der Waals surface area contributed by atoms with Gasteiger partial charge in [0.25, 0.3) is 5.88 Å². The van der Waals surface area contributed by atoms with E-state index in [4.69, 9.17) is 21.1 Å². The molecule has 7 heteroatoms. The molecule has 108 valence electrons. The van der Waals surface area contributed by atoms with Crippen LogP contribution in [0.2, 0.25) is 5.02 Å². The van der Waals surface area contributed by atoms with Crippen LogP contribution in [0, 0.1) is 16.3 Å². The number of ether oxygens (including phenoxy) is 2. The Morgan fingerprint density at radius 3 is 2.58 bits per heavy atom. The van der Waals surface area contributed by atoms with Gasteiger partial charge < -0.3 is 25.1 Å². The van der Waals surface area contributed by atoms with Gasteiger partial charge in [0.15, 0.2) is 5.69 Å². The maximum absolute atomic E-state index is 10.8. The van der Waals surface area contributed by atoms with Crippen molar-refractivity contribution in [3.63, 3.8) is 0 Å². The van der Waals surface area contributed by atoms with E-state index in [0.717, 1.165) is 12.8 Å². The maximum atomic E-state index is 10.8. The number of aromatic nitrogens is 1. The van der Waals surface area contributed by atoms with Crippen LogP contribution in [0.5, 0.6) is 11.8 Å². The topological polar surface area (TPSA) is 81.9 Å². The average Bonchev–Trinajstić information content (AvgIpc) is 2.35. The third-order valence-electron chi connectivity index (χ3n) is 2.49. The Kier molecular flexibility index (Phi) is 6.30. The Balaban J connectivity index is 2.73. The predicted molar refractivity (Wildman–Crippen MR) is 72.7 cm³/mol. The Hall–Kier alpha value is -1.08. The second-order valence-corrected chi connectivity index (χ2v) is 4.91. The molecule has 0 aromatic carbocycles.